The summed E-state index contributed by atoms with van der Waals surface area (Å²) < 4.78 is 2.17. The third-order valence-electron chi connectivity index (χ3n) is 5.08. The number of rotatable bonds is 3. The monoisotopic (exact) mass is 320 g/mol. The van der Waals surface area contributed by atoms with Gasteiger partial charge in [-0.15, -0.1) is 0 Å². The Morgan fingerprint density at radius 2 is 1.96 bits per heavy atom. The fourth-order valence-electron chi connectivity index (χ4n) is 3.67. The maximum absolute atomic E-state index is 6.04. The van der Waals surface area contributed by atoms with E-state index in [1.807, 2.05) is 24.4 Å². The lowest BCUT2D eigenvalue weighted by molar-refractivity contribution is 0.151. The first-order valence-corrected chi connectivity index (χ1v) is 8.78. The molecule has 1 fully saturated rings. The van der Waals surface area contributed by atoms with Crippen LogP contribution in [-0.2, 0) is 6.54 Å². The van der Waals surface area contributed by atoms with Crippen molar-refractivity contribution in [2.24, 2.45) is 0 Å². The first-order chi connectivity index (χ1) is 11.7. The van der Waals surface area contributed by atoms with E-state index in [9.17, 15) is 0 Å². The molecular weight excluding hydrogens is 296 g/mol. The second-order valence-corrected chi connectivity index (χ2v) is 6.78. The zero-order valence-electron chi connectivity index (χ0n) is 14.2. The summed E-state index contributed by atoms with van der Waals surface area (Å²) in [5, 5.41) is 0. The fourth-order valence-corrected chi connectivity index (χ4v) is 3.67. The molecule has 2 N–H and O–H groups in total. The first kappa shape index (κ1) is 15.2. The molecule has 0 amide bonds. The smallest absolute Gasteiger partial charge is 0.137 e. The molecule has 0 aliphatic carbocycles. The lowest BCUT2D eigenvalue weighted by Crippen LogP contribution is -2.37. The van der Waals surface area contributed by atoms with E-state index >= 15 is 0 Å². The van der Waals surface area contributed by atoms with Crippen LogP contribution in [0.1, 0.15) is 31.9 Å². The average Bonchev–Trinajstić information content (AvgIpc) is 2.96. The van der Waals surface area contributed by atoms with E-state index in [0.29, 0.717) is 6.04 Å². The number of piperidine rings is 1. The molecule has 4 rings (SSSR count). The summed E-state index contributed by atoms with van der Waals surface area (Å²) in [7, 11) is 0. The zero-order chi connectivity index (χ0) is 16.5. The molecule has 4 heteroatoms. The Bertz CT molecular complexity index is 837. The number of nitrogen functional groups attached to an aromatic ring is 1. The van der Waals surface area contributed by atoms with Gasteiger partial charge >= 0.3 is 0 Å². The summed E-state index contributed by atoms with van der Waals surface area (Å²) >= 11 is 0. The topological polar surface area (TPSA) is 46.6 Å². The Hall–Kier alpha value is -2.33. The minimum absolute atomic E-state index is 0.619. The SMILES string of the molecule is CC1CCCCN1Cc1c(-c2ccccc2)nc2ccc(N)cn12. The van der Waals surface area contributed by atoms with E-state index in [2.05, 4.69) is 40.5 Å². The Labute approximate surface area is 142 Å². The zero-order valence-corrected chi connectivity index (χ0v) is 14.2. The van der Waals surface area contributed by atoms with Crippen LogP contribution in [0.5, 0.6) is 0 Å². The van der Waals surface area contributed by atoms with E-state index in [0.717, 1.165) is 30.1 Å². The molecule has 1 aliphatic heterocycles. The van der Waals surface area contributed by atoms with Crippen molar-refractivity contribution < 1.29 is 0 Å². The van der Waals surface area contributed by atoms with Crippen LogP contribution in [0.2, 0.25) is 0 Å². The molecule has 24 heavy (non-hydrogen) atoms. The molecule has 3 aromatic rings. The maximum Gasteiger partial charge on any atom is 0.137 e. The van der Waals surface area contributed by atoms with E-state index < -0.39 is 0 Å². The minimum Gasteiger partial charge on any atom is -0.398 e. The molecule has 4 nitrogen and oxygen atoms in total. The Balaban J connectivity index is 1.82. The summed E-state index contributed by atoms with van der Waals surface area (Å²) in [5.74, 6) is 0. The van der Waals surface area contributed by atoms with E-state index in [1.165, 1.54) is 30.5 Å². The Morgan fingerprint density at radius 3 is 2.75 bits per heavy atom. The fraction of sp³-hybridized carbons (Fsp3) is 0.350. The molecule has 2 aromatic heterocycles. The number of aromatic nitrogens is 2. The largest absolute Gasteiger partial charge is 0.398 e. The molecule has 0 saturated carbocycles. The van der Waals surface area contributed by atoms with Crippen molar-refractivity contribution in [2.45, 2.75) is 38.8 Å². The molecule has 1 aliphatic rings. The van der Waals surface area contributed by atoms with Crippen molar-refractivity contribution in [2.75, 3.05) is 12.3 Å². The maximum atomic E-state index is 6.04. The predicted octanol–water partition coefficient (Wildman–Crippen LogP) is 3.96. The second-order valence-electron chi connectivity index (χ2n) is 6.78. The van der Waals surface area contributed by atoms with Crippen molar-refractivity contribution >= 4 is 11.3 Å². The molecule has 124 valence electrons. The van der Waals surface area contributed by atoms with E-state index in [-0.39, 0.29) is 0 Å². The van der Waals surface area contributed by atoms with Crippen molar-refractivity contribution in [3.8, 4) is 11.3 Å². The molecule has 0 radical (unpaired) electrons. The number of pyridine rings is 1. The van der Waals surface area contributed by atoms with Gasteiger partial charge in [0.15, 0.2) is 0 Å². The van der Waals surface area contributed by atoms with Crippen molar-refractivity contribution in [1.29, 1.82) is 0 Å². The van der Waals surface area contributed by atoms with Crippen LogP contribution >= 0.6 is 0 Å². The van der Waals surface area contributed by atoms with Crippen molar-refractivity contribution in [3.05, 3.63) is 54.4 Å². The van der Waals surface area contributed by atoms with Gasteiger partial charge < -0.3 is 10.1 Å². The molecule has 3 heterocycles. The standard InChI is InChI=1S/C20H24N4/c1-15-7-5-6-12-23(15)14-18-20(16-8-3-2-4-9-16)22-19-11-10-17(21)13-24(18)19/h2-4,8-11,13,15H,5-7,12,14,21H2,1H3. The normalized spacial score (nSPS) is 19.0. The molecule has 0 bridgehead atoms. The molecule has 1 atom stereocenters. The van der Waals surface area contributed by atoms with Crippen LogP contribution in [0.4, 0.5) is 5.69 Å². The number of nitrogens with two attached hydrogens (primary N) is 1. The van der Waals surface area contributed by atoms with Crippen LogP contribution in [-0.4, -0.2) is 26.9 Å². The van der Waals surface area contributed by atoms with Gasteiger partial charge in [0.1, 0.15) is 5.65 Å². The quantitative estimate of drug-likeness (QED) is 0.794. The van der Waals surface area contributed by atoms with Crippen molar-refractivity contribution in [3.63, 3.8) is 0 Å². The number of nitrogens with zero attached hydrogens (tertiary/aromatic N) is 3. The molecule has 1 aromatic carbocycles. The van der Waals surface area contributed by atoms with Crippen LogP contribution in [0, 0.1) is 0 Å². The van der Waals surface area contributed by atoms with Gasteiger partial charge in [-0.3, -0.25) is 4.90 Å². The van der Waals surface area contributed by atoms with Gasteiger partial charge in [0.05, 0.1) is 11.4 Å². The number of fused-ring (bicyclic) bond motifs is 1. The summed E-state index contributed by atoms with van der Waals surface area (Å²) in [5.41, 5.74) is 11.2. The first-order valence-electron chi connectivity index (χ1n) is 8.78. The number of benzene rings is 1. The summed E-state index contributed by atoms with van der Waals surface area (Å²) in [4.78, 5) is 7.47. The molecule has 1 unspecified atom stereocenters. The second kappa shape index (κ2) is 6.29. The highest BCUT2D eigenvalue weighted by atomic mass is 15.2. The third-order valence-corrected chi connectivity index (χ3v) is 5.08. The Kier molecular flexibility index (Phi) is 3.98. The van der Waals surface area contributed by atoms with Crippen LogP contribution in [0.25, 0.3) is 16.9 Å². The minimum atomic E-state index is 0.619. The van der Waals surface area contributed by atoms with Gasteiger partial charge in [-0.1, -0.05) is 36.8 Å². The highest BCUT2D eigenvalue weighted by molar-refractivity contribution is 5.67. The van der Waals surface area contributed by atoms with E-state index in [4.69, 9.17) is 10.7 Å². The highest BCUT2D eigenvalue weighted by Crippen LogP contribution is 2.28. The highest BCUT2D eigenvalue weighted by Gasteiger charge is 2.22. The van der Waals surface area contributed by atoms with Gasteiger partial charge in [-0.25, -0.2) is 4.98 Å². The van der Waals surface area contributed by atoms with Crippen molar-refractivity contribution in [1.82, 2.24) is 14.3 Å². The molecule has 0 spiro atoms. The van der Waals surface area contributed by atoms with Gasteiger partial charge in [-0.05, 0) is 38.4 Å². The van der Waals surface area contributed by atoms with Crippen LogP contribution in [0.3, 0.4) is 0 Å². The summed E-state index contributed by atoms with van der Waals surface area (Å²) in [6.45, 7) is 4.40. The third kappa shape index (κ3) is 2.78. The molecular formula is C20H24N4. The number of likely N-dealkylation sites (tertiary alicyclic amines) is 1. The van der Waals surface area contributed by atoms with Crippen LogP contribution < -0.4 is 5.73 Å². The molecule has 1 saturated heterocycles. The van der Waals surface area contributed by atoms with Gasteiger partial charge in [-0.2, -0.15) is 0 Å². The number of hydrogen-bond donors (Lipinski definition) is 1. The predicted molar refractivity (Wildman–Crippen MR) is 98.8 cm³/mol. The summed E-state index contributed by atoms with van der Waals surface area (Å²) in [6.07, 6.45) is 5.89. The van der Waals surface area contributed by atoms with Gasteiger partial charge in [0, 0.05) is 30.0 Å². The summed E-state index contributed by atoms with van der Waals surface area (Å²) in [6, 6.07) is 15.0. The van der Waals surface area contributed by atoms with Gasteiger partial charge in [0.2, 0.25) is 0 Å². The number of anilines is 1. The number of imidazole rings is 1. The van der Waals surface area contributed by atoms with Gasteiger partial charge in [0.25, 0.3) is 0 Å². The lowest BCUT2D eigenvalue weighted by Gasteiger charge is -2.33. The van der Waals surface area contributed by atoms with E-state index in [1.54, 1.807) is 0 Å². The van der Waals surface area contributed by atoms with Crippen LogP contribution in [0.15, 0.2) is 48.7 Å². The average molecular weight is 320 g/mol. The number of hydrogen-bond acceptors (Lipinski definition) is 3. The lowest BCUT2D eigenvalue weighted by atomic mass is 10.0. The Morgan fingerprint density at radius 1 is 1.12 bits per heavy atom.